The third-order valence-electron chi connectivity index (χ3n) is 3.73. The topological polar surface area (TPSA) is 62.1 Å². The lowest BCUT2D eigenvalue weighted by molar-refractivity contribution is 0.102. The molecule has 0 aliphatic carbocycles. The maximum absolute atomic E-state index is 12.5. The van der Waals surface area contributed by atoms with E-state index in [1.54, 1.807) is 48.5 Å². The van der Waals surface area contributed by atoms with Crippen LogP contribution in [0.25, 0.3) is 0 Å². The number of anilines is 1. The molecule has 134 valence electrons. The summed E-state index contributed by atoms with van der Waals surface area (Å²) in [5.74, 6) is 0.386. The number of rotatable bonds is 5. The number of nitrogens with zero attached hydrogens (tertiary/aromatic N) is 1. The van der Waals surface area contributed by atoms with E-state index < -0.39 is 0 Å². The second-order valence-corrected chi connectivity index (χ2v) is 7.31. The summed E-state index contributed by atoms with van der Waals surface area (Å²) in [4.78, 5) is 12.5. The number of nitrogens with one attached hydrogen (secondary N) is 1. The first-order valence-electron chi connectivity index (χ1n) is 8.03. The van der Waals surface area contributed by atoms with Crippen molar-refractivity contribution in [2.45, 2.75) is 6.61 Å². The summed E-state index contributed by atoms with van der Waals surface area (Å²) in [5, 5.41) is 12.3. The molecule has 1 amide bonds. The fourth-order valence-electron chi connectivity index (χ4n) is 2.43. The molecule has 0 aliphatic rings. The van der Waals surface area contributed by atoms with Crippen molar-refractivity contribution in [1.82, 2.24) is 0 Å². The van der Waals surface area contributed by atoms with Gasteiger partial charge >= 0.3 is 0 Å². The van der Waals surface area contributed by atoms with E-state index in [0.717, 1.165) is 9.13 Å². The summed E-state index contributed by atoms with van der Waals surface area (Å²) in [6.07, 6.45) is 0. The molecular weight excluding hydrogens is 475 g/mol. The van der Waals surface area contributed by atoms with Crippen molar-refractivity contribution in [3.05, 3.63) is 92.0 Å². The fraction of sp³-hybridized carbons (Fsp3) is 0.0476. The van der Waals surface area contributed by atoms with Crippen LogP contribution in [0.1, 0.15) is 21.5 Å². The molecule has 0 spiro atoms. The minimum Gasteiger partial charge on any atom is -0.489 e. The van der Waals surface area contributed by atoms with Crippen molar-refractivity contribution in [1.29, 1.82) is 5.26 Å². The number of benzene rings is 3. The Morgan fingerprint density at radius 1 is 1.11 bits per heavy atom. The van der Waals surface area contributed by atoms with Crippen molar-refractivity contribution < 1.29 is 9.53 Å². The van der Waals surface area contributed by atoms with Crippen molar-refractivity contribution in [2.24, 2.45) is 0 Å². The molecule has 27 heavy (non-hydrogen) atoms. The van der Waals surface area contributed by atoms with E-state index in [9.17, 15) is 4.79 Å². The zero-order chi connectivity index (χ0) is 19.2. The van der Waals surface area contributed by atoms with E-state index in [4.69, 9.17) is 21.6 Å². The number of hydrogen-bond acceptors (Lipinski definition) is 3. The summed E-state index contributed by atoms with van der Waals surface area (Å²) in [7, 11) is 0. The first-order chi connectivity index (χ1) is 13.0. The molecule has 0 aliphatic heterocycles. The second-order valence-electron chi connectivity index (χ2n) is 5.71. The van der Waals surface area contributed by atoms with Crippen LogP contribution in [0.15, 0.2) is 66.7 Å². The van der Waals surface area contributed by atoms with Gasteiger partial charge in [-0.25, -0.2) is 0 Å². The van der Waals surface area contributed by atoms with Gasteiger partial charge in [-0.15, -0.1) is 0 Å². The average molecular weight is 489 g/mol. The van der Waals surface area contributed by atoms with Gasteiger partial charge in [0.15, 0.2) is 0 Å². The van der Waals surface area contributed by atoms with Gasteiger partial charge in [0.1, 0.15) is 12.4 Å². The standard InChI is InChI=1S/C21H14ClIN2O2/c22-16-7-8-20(23)19(10-16)21(26)25-17-5-2-6-18(11-17)27-13-15-4-1-3-14(9-15)12-24/h1-11H,13H2,(H,25,26). The van der Waals surface area contributed by atoms with Crippen LogP contribution < -0.4 is 10.1 Å². The SMILES string of the molecule is N#Cc1cccc(COc2cccc(NC(=O)c3cc(Cl)ccc3I)c2)c1. The van der Waals surface area contributed by atoms with Crippen LogP contribution in [0.5, 0.6) is 5.75 Å². The van der Waals surface area contributed by atoms with Crippen LogP contribution in [-0.4, -0.2) is 5.91 Å². The van der Waals surface area contributed by atoms with Crippen molar-refractivity contribution in [2.75, 3.05) is 5.32 Å². The van der Waals surface area contributed by atoms with E-state index in [0.29, 0.717) is 34.2 Å². The second kappa shape index (κ2) is 8.89. The van der Waals surface area contributed by atoms with Crippen molar-refractivity contribution in [3.8, 4) is 11.8 Å². The summed E-state index contributed by atoms with van der Waals surface area (Å²) in [6, 6.07) is 21.7. The lowest BCUT2D eigenvalue weighted by Gasteiger charge is -2.10. The number of carbonyl (C=O) groups is 1. The number of halogens is 2. The Bertz CT molecular complexity index is 1030. The molecule has 3 rings (SSSR count). The molecule has 3 aromatic rings. The Kier molecular flexibility index (Phi) is 6.32. The highest BCUT2D eigenvalue weighted by molar-refractivity contribution is 14.1. The Labute approximate surface area is 175 Å². The largest absolute Gasteiger partial charge is 0.489 e. The molecular formula is C21H14ClIN2O2. The van der Waals surface area contributed by atoms with Crippen LogP contribution in [0.2, 0.25) is 5.02 Å². The number of ether oxygens (including phenoxy) is 1. The Balaban J connectivity index is 1.69. The lowest BCUT2D eigenvalue weighted by atomic mass is 10.1. The van der Waals surface area contributed by atoms with Gasteiger partial charge < -0.3 is 10.1 Å². The van der Waals surface area contributed by atoms with Gasteiger partial charge in [0.2, 0.25) is 0 Å². The fourth-order valence-corrected chi connectivity index (χ4v) is 3.18. The maximum atomic E-state index is 12.5. The van der Waals surface area contributed by atoms with Gasteiger partial charge in [-0.2, -0.15) is 5.26 Å². The Morgan fingerprint density at radius 3 is 2.74 bits per heavy atom. The van der Waals surface area contributed by atoms with Gasteiger partial charge in [-0.05, 0) is 70.6 Å². The average Bonchev–Trinajstić information content (AvgIpc) is 2.68. The molecule has 0 aromatic heterocycles. The molecule has 0 heterocycles. The molecule has 4 nitrogen and oxygen atoms in total. The maximum Gasteiger partial charge on any atom is 0.256 e. The Morgan fingerprint density at radius 2 is 1.93 bits per heavy atom. The molecule has 0 radical (unpaired) electrons. The number of carbonyl (C=O) groups excluding carboxylic acids is 1. The molecule has 0 atom stereocenters. The molecule has 0 fully saturated rings. The summed E-state index contributed by atoms with van der Waals surface area (Å²) >= 11 is 8.09. The summed E-state index contributed by atoms with van der Waals surface area (Å²) in [5.41, 5.74) is 2.63. The molecule has 1 N–H and O–H groups in total. The third kappa shape index (κ3) is 5.22. The van der Waals surface area contributed by atoms with Gasteiger partial charge in [-0.3, -0.25) is 4.79 Å². The summed E-state index contributed by atoms with van der Waals surface area (Å²) in [6.45, 7) is 0.332. The number of amides is 1. The number of nitriles is 1. The first kappa shape index (κ1) is 19.2. The van der Waals surface area contributed by atoms with Crippen LogP contribution in [-0.2, 0) is 6.61 Å². The van der Waals surface area contributed by atoms with E-state index in [-0.39, 0.29) is 5.91 Å². The molecule has 0 saturated carbocycles. The van der Waals surface area contributed by atoms with E-state index in [2.05, 4.69) is 34.0 Å². The van der Waals surface area contributed by atoms with E-state index in [1.807, 2.05) is 18.2 Å². The minimum absolute atomic E-state index is 0.235. The normalized spacial score (nSPS) is 10.1. The molecule has 0 bridgehead atoms. The van der Waals surface area contributed by atoms with Crippen LogP contribution >= 0.6 is 34.2 Å². The zero-order valence-electron chi connectivity index (χ0n) is 14.1. The smallest absolute Gasteiger partial charge is 0.256 e. The number of hydrogen-bond donors (Lipinski definition) is 1. The quantitative estimate of drug-likeness (QED) is 0.472. The highest BCUT2D eigenvalue weighted by Gasteiger charge is 2.11. The monoisotopic (exact) mass is 488 g/mol. The predicted molar refractivity (Wildman–Crippen MR) is 114 cm³/mol. The third-order valence-corrected chi connectivity index (χ3v) is 4.90. The minimum atomic E-state index is -0.235. The van der Waals surface area contributed by atoms with Crippen LogP contribution in [0.3, 0.4) is 0 Å². The zero-order valence-corrected chi connectivity index (χ0v) is 17.0. The molecule has 6 heteroatoms. The lowest BCUT2D eigenvalue weighted by Crippen LogP contribution is -2.13. The first-order valence-corrected chi connectivity index (χ1v) is 9.49. The highest BCUT2D eigenvalue weighted by atomic mass is 127. The van der Waals surface area contributed by atoms with Gasteiger partial charge in [0.25, 0.3) is 5.91 Å². The molecule has 0 saturated heterocycles. The van der Waals surface area contributed by atoms with Gasteiger partial charge in [-0.1, -0.05) is 29.8 Å². The van der Waals surface area contributed by atoms with Gasteiger partial charge in [0, 0.05) is 20.3 Å². The van der Waals surface area contributed by atoms with Crippen LogP contribution in [0, 0.1) is 14.9 Å². The van der Waals surface area contributed by atoms with Crippen molar-refractivity contribution in [3.63, 3.8) is 0 Å². The Hall–Kier alpha value is -2.56. The van der Waals surface area contributed by atoms with E-state index >= 15 is 0 Å². The predicted octanol–water partition coefficient (Wildman–Crippen LogP) is 5.65. The van der Waals surface area contributed by atoms with Gasteiger partial charge in [0.05, 0.1) is 17.2 Å². The molecule has 3 aromatic carbocycles. The molecule has 0 unspecified atom stereocenters. The van der Waals surface area contributed by atoms with Crippen LogP contribution in [0.4, 0.5) is 5.69 Å². The highest BCUT2D eigenvalue weighted by Crippen LogP contribution is 2.22. The summed E-state index contributed by atoms with van der Waals surface area (Å²) < 4.78 is 6.60. The van der Waals surface area contributed by atoms with Crippen molar-refractivity contribution >= 4 is 45.8 Å². The van der Waals surface area contributed by atoms with E-state index in [1.165, 1.54) is 0 Å².